The van der Waals surface area contributed by atoms with E-state index in [1.807, 2.05) is 0 Å². The maximum absolute atomic E-state index is 6.44. The van der Waals surface area contributed by atoms with Gasteiger partial charge in [0.15, 0.2) is 0 Å². The van der Waals surface area contributed by atoms with Crippen LogP contribution in [0.25, 0.3) is 0 Å². The number of nitrogens with two attached hydrogens (primary N) is 1. The maximum atomic E-state index is 6.44. The molecule has 2 N–H and O–H groups in total. The summed E-state index contributed by atoms with van der Waals surface area (Å²) in [7, 11) is 0. The highest BCUT2D eigenvalue weighted by Crippen LogP contribution is 2.29. The smallest absolute Gasteiger partial charge is 0.0297 e. The highest BCUT2D eigenvalue weighted by molar-refractivity contribution is 5.36. The summed E-state index contributed by atoms with van der Waals surface area (Å²) >= 11 is 0. The molecule has 106 valence electrons. The fourth-order valence-corrected chi connectivity index (χ4v) is 3.30. The van der Waals surface area contributed by atoms with Gasteiger partial charge in [-0.2, -0.15) is 0 Å². The Labute approximate surface area is 118 Å². The van der Waals surface area contributed by atoms with Crippen LogP contribution in [-0.2, 0) is 12.8 Å². The third kappa shape index (κ3) is 3.82. The zero-order valence-corrected chi connectivity index (χ0v) is 12.6. The lowest BCUT2D eigenvalue weighted by Gasteiger charge is -2.20. The zero-order valence-electron chi connectivity index (χ0n) is 12.6. The summed E-state index contributed by atoms with van der Waals surface area (Å²) in [4.78, 5) is 0. The second kappa shape index (κ2) is 7.09. The molecule has 19 heavy (non-hydrogen) atoms. The molecule has 1 heteroatoms. The number of benzene rings is 1. The number of hydrogen-bond donors (Lipinski definition) is 1. The SMILES string of the molecule is CCCCC(CC)CC(N)c1ccc2c(c1)CCC2. The van der Waals surface area contributed by atoms with Gasteiger partial charge < -0.3 is 5.73 Å². The van der Waals surface area contributed by atoms with Crippen LogP contribution in [0.3, 0.4) is 0 Å². The number of rotatable bonds is 7. The summed E-state index contributed by atoms with van der Waals surface area (Å²) in [6.07, 6.45) is 10.2. The molecule has 0 spiro atoms. The molecule has 0 heterocycles. The molecule has 1 aromatic rings. The fraction of sp³-hybridized carbons (Fsp3) is 0.667. The van der Waals surface area contributed by atoms with Crippen LogP contribution >= 0.6 is 0 Å². The summed E-state index contributed by atoms with van der Waals surface area (Å²) in [5.74, 6) is 0.795. The van der Waals surface area contributed by atoms with Gasteiger partial charge in [-0.25, -0.2) is 0 Å². The largest absolute Gasteiger partial charge is 0.324 e. The third-order valence-electron chi connectivity index (χ3n) is 4.68. The van der Waals surface area contributed by atoms with Gasteiger partial charge in [-0.1, -0.05) is 57.7 Å². The predicted molar refractivity (Wildman–Crippen MR) is 83.3 cm³/mol. The molecule has 1 nitrogen and oxygen atoms in total. The van der Waals surface area contributed by atoms with E-state index in [0.717, 1.165) is 12.3 Å². The van der Waals surface area contributed by atoms with Crippen LogP contribution in [-0.4, -0.2) is 0 Å². The second-order valence-corrected chi connectivity index (χ2v) is 6.14. The van der Waals surface area contributed by atoms with Gasteiger partial charge in [-0.05, 0) is 48.3 Å². The second-order valence-electron chi connectivity index (χ2n) is 6.14. The fourth-order valence-electron chi connectivity index (χ4n) is 3.30. The first-order chi connectivity index (χ1) is 9.24. The van der Waals surface area contributed by atoms with Crippen molar-refractivity contribution < 1.29 is 0 Å². The average Bonchev–Trinajstić information content (AvgIpc) is 2.90. The summed E-state index contributed by atoms with van der Waals surface area (Å²) in [5, 5.41) is 0. The lowest BCUT2D eigenvalue weighted by molar-refractivity contribution is 0.388. The summed E-state index contributed by atoms with van der Waals surface area (Å²) < 4.78 is 0. The van der Waals surface area contributed by atoms with Crippen LogP contribution in [0.1, 0.15) is 75.1 Å². The lowest BCUT2D eigenvalue weighted by Crippen LogP contribution is -2.15. The Kier molecular flexibility index (Phi) is 5.45. The quantitative estimate of drug-likeness (QED) is 0.749. The molecule has 0 aliphatic heterocycles. The van der Waals surface area contributed by atoms with Crippen LogP contribution in [0.5, 0.6) is 0 Å². The molecule has 0 amide bonds. The number of hydrogen-bond acceptors (Lipinski definition) is 1. The van der Waals surface area contributed by atoms with Gasteiger partial charge in [0.2, 0.25) is 0 Å². The number of fused-ring (bicyclic) bond motifs is 1. The Balaban J connectivity index is 1.96. The van der Waals surface area contributed by atoms with E-state index in [9.17, 15) is 0 Å². The highest BCUT2D eigenvalue weighted by Gasteiger charge is 2.16. The van der Waals surface area contributed by atoms with E-state index in [1.165, 1.54) is 50.5 Å². The molecule has 2 atom stereocenters. The van der Waals surface area contributed by atoms with Gasteiger partial charge in [-0.3, -0.25) is 0 Å². The molecular weight excluding hydrogens is 230 g/mol. The van der Waals surface area contributed by atoms with Gasteiger partial charge in [0.05, 0.1) is 0 Å². The topological polar surface area (TPSA) is 26.0 Å². The first-order valence-corrected chi connectivity index (χ1v) is 8.11. The van der Waals surface area contributed by atoms with E-state index in [4.69, 9.17) is 5.73 Å². The minimum atomic E-state index is 0.229. The van der Waals surface area contributed by atoms with Crippen LogP contribution in [0, 0.1) is 5.92 Å². The molecule has 1 aromatic carbocycles. The minimum Gasteiger partial charge on any atom is -0.324 e. The Hall–Kier alpha value is -0.820. The minimum absolute atomic E-state index is 0.229. The Morgan fingerprint density at radius 3 is 2.68 bits per heavy atom. The summed E-state index contributed by atoms with van der Waals surface area (Å²) in [6, 6.07) is 7.18. The van der Waals surface area contributed by atoms with Gasteiger partial charge in [0, 0.05) is 6.04 Å². The first kappa shape index (κ1) is 14.6. The van der Waals surface area contributed by atoms with Crippen molar-refractivity contribution in [3.05, 3.63) is 34.9 Å². The van der Waals surface area contributed by atoms with Crippen molar-refractivity contribution in [1.82, 2.24) is 0 Å². The van der Waals surface area contributed by atoms with Crippen molar-refractivity contribution in [1.29, 1.82) is 0 Å². The lowest BCUT2D eigenvalue weighted by atomic mass is 9.89. The predicted octanol–water partition coefficient (Wildman–Crippen LogP) is 4.78. The zero-order chi connectivity index (χ0) is 13.7. The van der Waals surface area contributed by atoms with Gasteiger partial charge in [-0.15, -0.1) is 0 Å². The molecule has 0 bridgehead atoms. The normalized spacial score (nSPS) is 17.2. The number of aryl methyl sites for hydroxylation is 2. The van der Waals surface area contributed by atoms with Gasteiger partial charge in [0.25, 0.3) is 0 Å². The molecule has 1 aliphatic carbocycles. The molecule has 0 fully saturated rings. The molecule has 2 rings (SSSR count). The van der Waals surface area contributed by atoms with Crippen LogP contribution in [0.4, 0.5) is 0 Å². The standard InChI is InChI=1S/C18H29N/c1-3-5-7-14(4-2)12-18(19)17-11-10-15-8-6-9-16(15)13-17/h10-11,13-14,18H,3-9,12,19H2,1-2H3. The summed E-state index contributed by atoms with van der Waals surface area (Å²) in [5.41, 5.74) is 10.9. The Bertz CT molecular complexity index is 397. The Morgan fingerprint density at radius 2 is 1.95 bits per heavy atom. The van der Waals surface area contributed by atoms with Gasteiger partial charge >= 0.3 is 0 Å². The van der Waals surface area contributed by atoms with Crippen molar-refractivity contribution >= 4 is 0 Å². The van der Waals surface area contributed by atoms with E-state index in [2.05, 4.69) is 32.0 Å². The van der Waals surface area contributed by atoms with Crippen molar-refractivity contribution in [2.75, 3.05) is 0 Å². The van der Waals surface area contributed by atoms with Crippen molar-refractivity contribution in [3.8, 4) is 0 Å². The first-order valence-electron chi connectivity index (χ1n) is 8.11. The third-order valence-corrected chi connectivity index (χ3v) is 4.68. The molecule has 0 saturated carbocycles. The van der Waals surface area contributed by atoms with Crippen molar-refractivity contribution in [2.45, 2.75) is 71.3 Å². The van der Waals surface area contributed by atoms with E-state index >= 15 is 0 Å². The van der Waals surface area contributed by atoms with Crippen LogP contribution < -0.4 is 5.73 Å². The highest BCUT2D eigenvalue weighted by atomic mass is 14.6. The Morgan fingerprint density at radius 1 is 1.16 bits per heavy atom. The van der Waals surface area contributed by atoms with E-state index in [1.54, 1.807) is 11.1 Å². The monoisotopic (exact) mass is 259 g/mol. The average molecular weight is 259 g/mol. The van der Waals surface area contributed by atoms with E-state index < -0.39 is 0 Å². The molecule has 0 saturated heterocycles. The molecule has 2 unspecified atom stereocenters. The maximum Gasteiger partial charge on any atom is 0.0297 e. The molecule has 0 radical (unpaired) electrons. The number of unbranched alkanes of at least 4 members (excludes halogenated alkanes) is 1. The van der Waals surface area contributed by atoms with Crippen LogP contribution in [0.2, 0.25) is 0 Å². The van der Waals surface area contributed by atoms with Gasteiger partial charge in [0.1, 0.15) is 0 Å². The molecular formula is C18H29N. The van der Waals surface area contributed by atoms with E-state index in [-0.39, 0.29) is 6.04 Å². The van der Waals surface area contributed by atoms with E-state index in [0.29, 0.717) is 0 Å². The van der Waals surface area contributed by atoms with Crippen molar-refractivity contribution in [2.24, 2.45) is 11.7 Å². The summed E-state index contributed by atoms with van der Waals surface area (Å²) in [6.45, 7) is 4.57. The molecule has 0 aromatic heterocycles. The molecule has 1 aliphatic rings. The van der Waals surface area contributed by atoms with Crippen molar-refractivity contribution in [3.63, 3.8) is 0 Å². The van der Waals surface area contributed by atoms with Crippen LogP contribution in [0.15, 0.2) is 18.2 Å².